The fourth-order valence-corrected chi connectivity index (χ4v) is 4.59. The zero-order chi connectivity index (χ0) is 19.4. The minimum Gasteiger partial charge on any atom is -0.355 e. The molecule has 0 radical (unpaired) electrons. The molecule has 1 spiro atoms. The molecule has 0 amide bonds. The molecule has 2 saturated carbocycles. The summed E-state index contributed by atoms with van der Waals surface area (Å²) in [5.74, 6) is -0.436. The van der Waals surface area contributed by atoms with Crippen molar-refractivity contribution in [2.75, 3.05) is 23.3 Å². The van der Waals surface area contributed by atoms with Crippen LogP contribution in [0.15, 0.2) is 18.3 Å². The van der Waals surface area contributed by atoms with Crippen LogP contribution in [0.4, 0.5) is 20.5 Å². The summed E-state index contributed by atoms with van der Waals surface area (Å²) in [5, 5.41) is 7.77. The van der Waals surface area contributed by atoms with Gasteiger partial charge in [0.15, 0.2) is 5.82 Å². The third kappa shape index (κ3) is 3.33. The lowest BCUT2D eigenvalue weighted by Gasteiger charge is -2.56. The van der Waals surface area contributed by atoms with Gasteiger partial charge in [-0.15, -0.1) is 0 Å². The van der Waals surface area contributed by atoms with Crippen molar-refractivity contribution in [3.8, 4) is 5.82 Å². The highest BCUT2D eigenvalue weighted by Crippen LogP contribution is 2.49. The number of aryl methyl sites for hydroxylation is 1. The minimum atomic E-state index is -2.53. The van der Waals surface area contributed by atoms with Crippen LogP contribution in [0.5, 0.6) is 0 Å². The second-order valence-electron chi connectivity index (χ2n) is 8.79. The summed E-state index contributed by atoms with van der Waals surface area (Å²) >= 11 is 0. The van der Waals surface area contributed by atoms with Crippen LogP contribution in [0, 0.1) is 12.3 Å². The number of nitrogens with one attached hydrogen (secondary N) is 1. The van der Waals surface area contributed by atoms with Gasteiger partial charge in [0.05, 0.1) is 5.69 Å². The molecule has 0 bridgehead atoms. The van der Waals surface area contributed by atoms with Crippen LogP contribution in [-0.2, 0) is 0 Å². The molecule has 0 unspecified atom stereocenters. The monoisotopic (exact) mass is 388 g/mol. The smallest absolute Gasteiger partial charge is 0.248 e. The van der Waals surface area contributed by atoms with Crippen molar-refractivity contribution in [2.24, 2.45) is 5.41 Å². The van der Waals surface area contributed by atoms with Crippen LogP contribution >= 0.6 is 0 Å². The first kappa shape index (κ1) is 17.8. The molecule has 3 fully saturated rings. The predicted octanol–water partition coefficient (Wildman–Crippen LogP) is 3.95. The Morgan fingerprint density at radius 2 is 1.79 bits per heavy atom. The molecular weight excluding hydrogens is 362 g/mol. The normalized spacial score (nSPS) is 23.3. The maximum Gasteiger partial charge on any atom is 0.248 e. The molecule has 8 heteroatoms. The van der Waals surface area contributed by atoms with Crippen LogP contribution in [-0.4, -0.2) is 44.8 Å². The van der Waals surface area contributed by atoms with Crippen LogP contribution < -0.4 is 10.2 Å². The number of rotatable bonds is 4. The highest BCUT2D eigenvalue weighted by atomic mass is 19.3. The van der Waals surface area contributed by atoms with Crippen molar-refractivity contribution < 1.29 is 8.78 Å². The Labute approximate surface area is 163 Å². The Morgan fingerprint density at radius 1 is 1.07 bits per heavy atom. The lowest BCUT2D eigenvalue weighted by Crippen LogP contribution is -2.60. The second kappa shape index (κ2) is 6.39. The lowest BCUT2D eigenvalue weighted by atomic mass is 9.63. The number of hydrogen-bond donors (Lipinski definition) is 1. The number of hydrogen-bond acceptors (Lipinski definition) is 5. The van der Waals surface area contributed by atoms with E-state index in [0.717, 1.165) is 24.6 Å². The van der Waals surface area contributed by atoms with Crippen LogP contribution in [0.2, 0.25) is 0 Å². The van der Waals surface area contributed by atoms with Gasteiger partial charge in [-0.05, 0) is 38.7 Å². The van der Waals surface area contributed by atoms with Gasteiger partial charge in [-0.1, -0.05) is 6.42 Å². The summed E-state index contributed by atoms with van der Waals surface area (Å²) in [5.41, 5.74) is 1.41. The van der Waals surface area contributed by atoms with Gasteiger partial charge in [0.1, 0.15) is 5.82 Å². The molecule has 2 aliphatic carbocycles. The molecule has 1 N–H and O–H groups in total. The Hall–Kier alpha value is -2.25. The fourth-order valence-electron chi connectivity index (χ4n) is 4.59. The Morgan fingerprint density at radius 3 is 2.39 bits per heavy atom. The average molecular weight is 388 g/mol. The highest BCUT2D eigenvalue weighted by molar-refractivity contribution is 5.52. The van der Waals surface area contributed by atoms with E-state index in [4.69, 9.17) is 4.98 Å². The Balaban J connectivity index is 1.38. The third-order valence-electron chi connectivity index (χ3n) is 6.50. The van der Waals surface area contributed by atoms with Gasteiger partial charge in [0, 0.05) is 49.7 Å². The first-order valence-electron chi connectivity index (χ1n) is 10.2. The highest BCUT2D eigenvalue weighted by Gasteiger charge is 2.47. The van der Waals surface area contributed by atoms with Crippen molar-refractivity contribution in [3.05, 3.63) is 24.0 Å². The minimum absolute atomic E-state index is 0.0172. The summed E-state index contributed by atoms with van der Waals surface area (Å²) in [6.07, 6.45) is 6.54. The zero-order valence-electron chi connectivity index (χ0n) is 16.2. The summed E-state index contributed by atoms with van der Waals surface area (Å²) in [4.78, 5) is 11.6. The number of aromatic nitrogens is 4. The summed E-state index contributed by atoms with van der Waals surface area (Å²) in [7, 11) is 0. The summed E-state index contributed by atoms with van der Waals surface area (Å²) in [6, 6.07) is 3.89. The number of nitrogens with zero attached hydrogens (tertiary/aromatic N) is 5. The van der Waals surface area contributed by atoms with Gasteiger partial charge in [0.25, 0.3) is 0 Å². The number of alkyl halides is 2. The topological polar surface area (TPSA) is 58.9 Å². The van der Waals surface area contributed by atoms with Crippen LogP contribution in [0.25, 0.3) is 5.82 Å². The van der Waals surface area contributed by atoms with Gasteiger partial charge >= 0.3 is 0 Å². The Kier molecular flexibility index (Phi) is 4.07. The van der Waals surface area contributed by atoms with Crippen molar-refractivity contribution in [1.29, 1.82) is 0 Å². The van der Waals surface area contributed by atoms with Gasteiger partial charge < -0.3 is 10.2 Å². The zero-order valence-corrected chi connectivity index (χ0v) is 16.2. The third-order valence-corrected chi connectivity index (χ3v) is 6.50. The average Bonchev–Trinajstić information content (AvgIpc) is 3.01. The van der Waals surface area contributed by atoms with E-state index in [1.54, 1.807) is 4.68 Å². The van der Waals surface area contributed by atoms with Gasteiger partial charge in [-0.25, -0.2) is 13.5 Å². The first-order valence-corrected chi connectivity index (χ1v) is 10.2. The van der Waals surface area contributed by atoms with E-state index in [2.05, 4.69) is 20.3 Å². The molecule has 1 saturated heterocycles. The Bertz CT molecular complexity index is 857. The van der Waals surface area contributed by atoms with Gasteiger partial charge in [-0.3, -0.25) is 0 Å². The standard InChI is InChI=1S/C20H26F2N6/c1-14-5-10-28(26-14)17-11-16(27-12-19(13-27)6-2-7-19)24-18(25-17)23-15-3-8-20(21,22)9-4-15/h5,10-11,15H,2-4,6-9,12-13H2,1H3,(H,23,24,25). The molecule has 1 aliphatic heterocycles. The summed E-state index contributed by atoms with van der Waals surface area (Å²) in [6.45, 7) is 4.02. The van der Waals surface area contributed by atoms with E-state index in [0.29, 0.717) is 30.0 Å². The molecule has 2 aromatic heterocycles. The molecule has 3 aliphatic rings. The number of anilines is 2. The molecule has 3 heterocycles. The molecule has 0 aromatic carbocycles. The van der Waals surface area contributed by atoms with Gasteiger partial charge in [-0.2, -0.15) is 15.1 Å². The molecule has 150 valence electrons. The summed E-state index contributed by atoms with van der Waals surface area (Å²) < 4.78 is 28.7. The molecule has 0 atom stereocenters. The van der Waals surface area contributed by atoms with E-state index in [1.807, 2.05) is 25.3 Å². The quantitative estimate of drug-likeness (QED) is 0.859. The fraction of sp³-hybridized carbons (Fsp3) is 0.650. The van der Waals surface area contributed by atoms with Crippen molar-refractivity contribution in [2.45, 2.75) is 63.8 Å². The molecule has 2 aromatic rings. The van der Waals surface area contributed by atoms with Crippen LogP contribution in [0.3, 0.4) is 0 Å². The predicted molar refractivity (Wildman–Crippen MR) is 103 cm³/mol. The lowest BCUT2D eigenvalue weighted by molar-refractivity contribution is -0.0361. The van der Waals surface area contributed by atoms with E-state index >= 15 is 0 Å². The van der Waals surface area contributed by atoms with Crippen LogP contribution in [0.1, 0.15) is 50.6 Å². The maximum atomic E-state index is 13.5. The molecule has 5 rings (SSSR count). The van der Waals surface area contributed by atoms with Crippen molar-refractivity contribution in [3.63, 3.8) is 0 Å². The van der Waals surface area contributed by atoms with E-state index in [-0.39, 0.29) is 18.9 Å². The number of halogens is 2. The van der Waals surface area contributed by atoms with Crippen molar-refractivity contribution in [1.82, 2.24) is 19.7 Å². The molecule has 6 nitrogen and oxygen atoms in total. The second-order valence-corrected chi connectivity index (χ2v) is 8.79. The largest absolute Gasteiger partial charge is 0.355 e. The van der Waals surface area contributed by atoms with Crippen molar-refractivity contribution >= 4 is 11.8 Å². The van der Waals surface area contributed by atoms with E-state index in [9.17, 15) is 8.78 Å². The molecular formula is C20H26F2N6. The van der Waals surface area contributed by atoms with E-state index < -0.39 is 5.92 Å². The molecule has 28 heavy (non-hydrogen) atoms. The first-order chi connectivity index (χ1) is 13.4. The van der Waals surface area contributed by atoms with E-state index in [1.165, 1.54) is 19.3 Å². The maximum absolute atomic E-state index is 13.5. The van der Waals surface area contributed by atoms with Gasteiger partial charge in [0.2, 0.25) is 11.9 Å². The SMILES string of the molecule is Cc1ccn(-c2cc(N3CC4(CCC4)C3)nc(NC3CCC(F)(F)CC3)n2)n1.